The Labute approximate surface area is 220 Å². The van der Waals surface area contributed by atoms with E-state index in [1.54, 1.807) is 0 Å². The van der Waals surface area contributed by atoms with E-state index in [9.17, 15) is 22.5 Å². The summed E-state index contributed by atoms with van der Waals surface area (Å²) < 4.78 is 62.6. The van der Waals surface area contributed by atoms with Crippen LogP contribution in [-0.2, 0) is 22.8 Å². The number of halogens is 3. The van der Waals surface area contributed by atoms with Crippen molar-refractivity contribution in [2.75, 3.05) is 11.9 Å². The van der Waals surface area contributed by atoms with Crippen LogP contribution in [0.3, 0.4) is 0 Å². The lowest BCUT2D eigenvalue weighted by Crippen LogP contribution is -2.55. The van der Waals surface area contributed by atoms with Crippen LogP contribution in [0.15, 0.2) is 82.1 Å². The molecular weight excluding hydrogens is 515 g/mol. The standard InChI is InChI=1S/C28H30F3N3O3S/c1-32-38(36,22-17-15-21(16-18-22)37-28(29,30)31)33-23-9-6-12-26(27(23)35)34-24-10-4-2-7-19(24)13-14-20-8-3-5-11-25(20)34/h2-5,7-8,10-11,15-18,23,26-27,35H,6,9,12-14H2,1H3,(H,32,33,36)/t23-,26-,27-,38?/m1/s1. The number of ether oxygens (including phenoxy) is 1. The zero-order valence-electron chi connectivity index (χ0n) is 20.9. The fraction of sp³-hybridized carbons (Fsp3) is 0.357. The molecule has 10 heteroatoms. The van der Waals surface area contributed by atoms with E-state index in [0.717, 1.165) is 49.2 Å². The molecule has 1 aliphatic carbocycles. The molecule has 5 rings (SSSR count). The Bertz CT molecular complexity index is 1360. The molecule has 6 nitrogen and oxygen atoms in total. The molecule has 1 saturated carbocycles. The van der Waals surface area contributed by atoms with Gasteiger partial charge < -0.3 is 14.7 Å². The maximum atomic E-state index is 13.8. The van der Waals surface area contributed by atoms with Crippen molar-refractivity contribution in [3.8, 4) is 5.75 Å². The fourth-order valence-electron chi connectivity index (χ4n) is 5.50. The summed E-state index contributed by atoms with van der Waals surface area (Å²) in [5.41, 5.74) is 4.53. The zero-order valence-corrected chi connectivity index (χ0v) is 21.7. The molecule has 4 atom stereocenters. The van der Waals surface area contributed by atoms with Crippen molar-refractivity contribution in [1.82, 2.24) is 4.72 Å². The normalized spacial score (nSPS) is 23.0. The monoisotopic (exact) mass is 545 g/mol. The number of anilines is 2. The van der Waals surface area contributed by atoms with E-state index in [1.807, 2.05) is 24.3 Å². The van der Waals surface area contributed by atoms with E-state index in [4.69, 9.17) is 0 Å². The van der Waals surface area contributed by atoms with Gasteiger partial charge >= 0.3 is 6.36 Å². The fourth-order valence-corrected chi connectivity index (χ4v) is 7.12. The first-order valence-electron chi connectivity index (χ1n) is 12.6. The number of aliphatic hydroxyl groups excluding tert-OH is 1. The van der Waals surface area contributed by atoms with Gasteiger partial charge in [0.1, 0.15) is 15.7 Å². The van der Waals surface area contributed by atoms with Crippen molar-refractivity contribution in [2.24, 2.45) is 4.36 Å². The highest BCUT2D eigenvalue weighted by Gasteiger charge is 2.39. The summed E-state index contributed by atoms with van der Waals surface area (Å²) in [6.07, 6.45) is -1.79. The van der Waals surface area contributed by atoms with Crippen LogP contribution in [0, 0.1) is 0 Å². The molecule has 1 heterocycles. The minimum atomic E-state index is -4.82. The predicted octanol–water partition coefficient (Wildman–Crippen LogP) is 5.77. The summed E-state index contributed by atoms with van der Waals surface area (Å²) >= 11 is 0. The van der Waals surface area contributed by atoms with Crippen molar-refractivity contribution in [1.29, 1.82) is 0 Å². The summed E-state index contributed by atoms with van der Waals surface area (Å²) in [6, 6.07) is 20.5. The van der Waals surface area contributed by atoms with E-state index >= 15 is 0 Å². The minimum Gasteiger partial charge on any atom is -0.406 e. The molecule has 0 aromatic heterocycles. The summed E-state index contributed by atoms with van der Waals surface area (Å²) in [5, 5.41) is 11.7. The molecule has 2 N–H and O–H groups in total. The number of alkyl halides is 3. The molecule has 0 radical (unpaired) electrons. The topological polar surface area (TPSA) is 74.2 Å². The molecule has 0 spiro atoms. The van der Waals surface area contributed by atoms with E-state index < -0.39 is 34.2 Å². The number of benzene rings is 3. The highest BCUT2D eigenvalue weighted by atomic mass is 32.2. The number of aliphatic hydroxyl groups is 1. The van der Waals surface area contributed by atoms with Gasteiger partial charge in [0.25, 0.3) is 0 Å². The predicted molar refractivity (Wildman–Crippen MR) is 141 cm³/mol. The Balaban J connectivity index is 1.44. The first kappa shape index (κ1) is 26.5. The molecule has 0 saturated heterocycles. The quantitative estimate of drug-likeness (QED) is 0.427. The Kier molecular flexibility index (Phi) is 7.39. The Hall–Kier alpha value is -3.08. The minimum absolute atomic E-state index is 0.217. The van der Waals surface area contributed by atoms with Crippen LogP contribution in [0.4, 0.5) is 24.5 Å². The van der Waals surface area contributed by atoms with Gasteiger partial charge in [0.05, 0.1) is 17.0 Å². The van der Waals surface area contributed by atoms with E-state index in [-0.39, 0.29) is 10.9 Å². The van der Waals surface area contributed by atoms with Crippen LogP contribution in [0.2, 0.25) is 0 Å². The highest BCUT2D eigenvalue weighted by Crippen LogP contribution is 2.41. The number of aryl methyl sites for hydroxylation is 2. The van der Waals surface area contributed by atoms with E-state index in [0.29, 0.717) is 6.42 Å². The summed E-state index contributed by atoms with van der Waals surface area (Å²) in [7, 11) is -1.83. The number of rotatable bonds is 5. The molecule has 202 valence electrons. The van der Waals surface area contributed by atoms with Gasteiger partial charge in [-0.1, -0.05) is 36.4 Å². The first-order chi connectivity index (χ1) is 18.2. The van der Waals surface area contributed by atoms with Crippen molar-refractivity contribution >= 4 is 21.3 Å². The van der Waals surface area contributed by atoms with Crippen molar-refractivity contribution in [3.63, 3.8) is 0 Å². The number of hydrogen-bond donors (Lipinski definition) is 2. The molecule has 38 heavy (non-hydrogen) atoms. The molecule has 0 bridgehead atoms. The van der Waals surface area contributed by atoms with Crippen molar-refractivity contribution in [3.05, 3.63) is 83.9 Å². The molecule has 2 aliphatic rings. The van der Waals surface area contributed by atoms with Crippen LogP contribution < -0.4 is 14.4 Å². The molecule has 3 aromatic carbocycles. The lowest BCUT2D eigenvalue weighted by Gasteiger charge is -2.43. The molecular formula is C28H30F3N3O3S. The van der Waals surface area contributed by atoms with Gasteiger partial charge in [-0.3, -0.25) is 0 Å². The maximum Gasteiger partial charge on any atom is 0.573 e. The Morgan fingerprint density at radius 3 is 2.08 bits per heavy atom. The second-order valence-electron chi connectivity index (χ2n) is 9.57. The number of hydrogen-bond acceptors (Lipinski definition) is 5. The second-order valence-corrected chi connectivity index (χ2v) is 11.7. The van der Waals surface area contributed by atoms with Crippen LogP contribution in [0.25, 0.3) is 0 Å². The van der Waals surface area contributed by atoms with E-state index in [2.05, 4.69) is 43.0 Å². The first-order valence-corrected chi connectivity index (χ1v) is 14.1. The average molecular weight is 546 g/mol. The SMILES string of the molecule is CN=S(=O)(N[C@@H]1CCC[C@@H](N2c3ccccc3CCc3ccccc32)[C@@H]1O)c1ccc(OC(F)(F)F)cc1. The Morgan fingerprint density at radius 2 is 1.53 bits per heavy atom. The zero-order chi connectivity index (χ0) is 26.9. The third kappa shape index (κ3) is 5.39. The lowest BCUT2D eigenvalue weighted by molar-refractivity contribution is -0.274. The molecule has 1 fully saturated rings. The number of fused-ring (bicyclic) bond motifs is 2. The number of para-hydroxylation sites is 2. The number of nitrogens with one attached hydrogen (secondary N) is 1. The van der Waals surface area contributed by atoms with Gasteiger partial charge in [0.15, 0.2) is 0 Å². The smallest absolute Gasteiger partial charge is 0.406 e. The van der Waals surface area contributed by atoms with Gasteiger partial charge in [-0.15, -0.1) is 13.2 Å². The molecule has 3 aromatic rings. The van der Waals surface area contributed by atoms with Crippen molar-refractivity contribution < 1.29 is 27.2 Å². The Morgan fingerprint density at radius 1 is 0.947 bits per heavy atom. The molecule has 1 unspecified atom stereocenters. The third-order valence-electron chi connectivity index (χ3n) is 7.26. The summed E-state index contributed by atoms with van der Waals surface area (Å²) in [6.45, 7) is 0. The van der Waals surface area contributed by atoms with Gasteiger partial charge in [-0.25, -0.2) is 13.3 Å². The highest BCUT2D eigenvalue weighted by molar-refractivity contribution is 7.91. The summed E-state index contributed by atoms with van der Waals surface area (Å²) in [5.74, 6) is -0.407. The van der Waals surface area contributed by atoms with Crippen LogP contribution in [0.5, 0.6) is 5.75 Å². The van der Waals surface area contributed by atoms with Gasteiger partial charge in [0.2, 0.25) is 0 Å². The van der Waals surface area contributed by atoms with Crippen LogP contribution in [0.1, 0.15) is 30.4 Å². The average Bonchev–Trinajstić information content (AvgIpc) is 3.06. The van der Waals surface area contributed by atoms with Crippen LogP contribution in [-0.4, -0.2) is 40.9 Å². The lowest BCUT2D eigenvalue weighted by atomic mass is 9.86. The van der Waals surface area contributed by atoms with Crippen LogP contribution >= 0.6 is 0 Å². The van der Waals surface area contributed by atoms with Gasteiger partial charge in [0, 0.05) is 24.5 Å². The third-order valence-corrected chi connectivity index (χ3v) is 9.31. The van der Waals surface area contributed by atoms with Gasteiger partial charge in [-0.2, -0.15) is 0 Å². The largest absolute Gasteiger partial charge is 0.573 e. The second kappa shape index (κ2) is 10.6. The van der Waals surface area contributed by atoms with E-state index in [1.165, 1.54) is 30.3 Å². The maximum absolute atomic E-state index is 13.8. The van der Waals surface area contributed by atoms with Gasteiger partial charge in [-0.05, 0) is 79.6 Å². The van der Waals surface area contributed by atoms with Crippen molar-refractivity contribution in [2.45, 2.75) is 61.5 Å². The number of nitrogens with zero attached hydrogens (tertiary/aromatic N) is 2. The summed E-state index contributed by atoms with van der Waals surface area (Å²) in [4.78, 5) is 2.44. The molecule has 0 amide bonds. The molecule has 1 aliphatic heterocycles.